The number of nitrogen functional groups attached to an aromatic ring is 1. The van der Waals surface area contributed by atoms with Gasteiger partial charge in [0.05, 0.1) is 23.1 Å². The molecule has 0 aliphatic carbocycles. The number of nitrogens with two attached hydrogens (primary N) is 1. The van der Waals surface area contributed by atoms with Gasteiger partial charge in [-0.1, -0.05) is 6.07 Å². The summed E-state index contributed by atoms with van der Waals surface area (Å²) in [5, 5.41) is 23.1. The zero-order valence-corrected chi connectivity index (χ0v) is 19.8. The molecule has 0 radical (unpaired) electrons. The highest BCUT2D eigenvalue weighted by atomic mass is 19.4. The first-order valence-electron chi connectivity index (χ1n) is 11.8. The van der Waals surface area contributed by atoms with Crippen LogP contribution >= 0.6 is 0 Å². The van der Waals surface area contributed by atoms with E-state index in [4.69, 9.17) is 10.7 Å². The molecule has 2 aliphatic heterocycles. The molecule has 4 atom stereocenters. The van der Waals surface area contributed by atoms with Gasteiger partial charge >= 0.3 is 6.18 Å². The van der Waals surface area contributed by atoms with Crippen LogP contribution in [0.25, 0.3) is 16.8 Å². The van der Waals surface area contributed by atoms with E-state index in [2.05, 4.69) is 10.1 Å². The van der Waals surface area contributed by atoms with Gasteiger partial charge in [0, 0.05) is 35.3 Å². The molecule has 3 aromatic rings. The molecule has 0 aromatic carbocycles. The third-order valence-electron chi connectivity index (χ3n) is 7.29. The van der Waals surface area contributed by atoms with Gasteiger partial charge in [-0.25, -0.2) is 4.98 Å². The number of piperidine rings is 1. The highest BCUT2D eigenvalue weighted by molar-refractivity contribution is 6.00. The average Bonchev–Trinajstić information content (AvgIpc) is 3.40. The Morgan fingerprint density at radius 3 is 2.41 bits per heavy atom. The number of aliphatic hydroxyl groups excluding tert-OH is 2. The van der Waals surface area contributed by atoms with Crippen molar-refractivity contribution >= 4 is 23.2 Å². The van der Waals surface area contributed by atoms with Crippen molar-refractivity contribution in [2.45, 2.75) is 62.9 Å². The smallest absolute Gasteiger partial charge is 0.387 e. The van der Waals surface area contributed by atoms with Gasteiger partial charge < -0.3 is 20.8 Å². The Hall–Kier alpha value is -3.58. The number of fused-ring (bicyclic) bond motifs is 3. The summed E-state index contributed by atoms with van der Waals surface area (Å²) in [5.41, 5.74) is 7.74. The minimum Gasteiger partial charge on any atom is -0.387 e. The second-order valence-corrected chi connectivity index (χ2v) is 9.54. The van der Waals surface area contributed by atoms with E-state index in [-0.39, 0.29) is 41.1 Å². The van der Waals surface area contributed by atoms with Gasteiger partial charge in [-0.15, -0.1) is 0 Å². The summed E-state index contributed by atoms with van der Waals surface area (Å²) in [4.78, 5) is 35.2. The van der Waals surface area contributed by atoms with E-state index in [9.17, 15) is 33.0 Å². The van der Waals surface area contributed by atoms with E-state index >= 15 is 0 Å². The fraction of sp³-hybridized carbons (Fsp3) is 0.458. The van der Waals surface area contributed by atoms with Crippen LogP contribution in [-0.2, 0) is 4.79 Å². The first-order valence-corrected chi connectivity index (χ1v) is 11.8. The number of alkyl halides is 3. The Balaban J connectivity index is 1.56. The first kappa shape index (κ1) is 25.1. The molecule has 4 N–H and O–H groups in total. The highest BCUT2D eigenvalue weighted by Gasteiger charge is 2.45. The quantitative estimate of drug-likeness (QED) is 0.437. The van der Waals surface area contributed by atoms with E-state index in [1.54, 1.807) is 4.90 Å². The number of carbonyl (C=O) groups is 2. The van der Waals surface area contributed by atoms with Crippen LogP contribution in [0.5, 0.6) is 0 Å². The van der Waals surface area contributed by atoms with Crippen LogP contribution in [-0.4, -0.2) is 71.3 Å². The van der Waals surface area contributed by atoms with Crippen molar-refractivity contribution in [2.24, 2.45) is 0 Å². The van der Waals surface area contributed by atoms with Gasteiger partial charge in [0.1, 0.15) is 12.4 Å². The number of rotatable bonds is 5. The number of amides is 1. The number of pyridine rings is 1. The van der Waals surface area contributed by atoms with Crippen molar-refractivity contribution in [3.8, 4) is 11.1 Å². The number of anilines is 1. The van der Waals surface area contributed by atoms with Crippen molar-refractivity contribution in [1.29, 1.82) is 0 Å². The molecule has 37 heavy (non-hydrogen) atoms. The predicted molar refractivity (Wildman–Crippen MR) is 124 cm³/mol. The Bertz CT molecular complexity index is 1360. The number of ketones is 1. The predicted octanol–water partition coefficient (Wildman–Crippen LogP) is 2.40. The lowest BCUT2D eigenvalue weighted by Gasteiger charge is -2.39. The molecule has 0 spiro atoms. The molecular weight excluding hydrogens is 493 g/mol. The van der Waals surface area contributed by atoms with Crippen molar-refractivity contribution < 1.29 is 33.0 Å². The average molecular weight is 518 g/mol. The number of aromatic nitrogens is 4. The van der Waals surface area contributed by atoms with Crippen molar-refractivity contribution in [2.75, 3.05) is 12.3 Å². The summed E-state index contributed by atoms with van der Waals surface area (Å²) in [7, 11) is 0. The van der Waals surface area contributed by atoms with Gasteiger partial charge in [0.25, 0.3) is 0 Å². The summed E-state index contributed by atoms with van der Waals surface area (Å²) in [6.45, 7) is 0.834. The van der Waals surface area contributed by atoms with Crippen LogP contribution < -0.4 is 5.73 Å². The molecule has 13 heteroatoms. The summed E-state index contributed by atoms with van der Waals surface area (Å²) in [6.07, 6.45) is -2.22. The molecule has 5 rings (SSSR count). The van der Waals surface area contributed by atoms with Crippen LogP contribution in [0.4, 0.5) is 19.0 Å². The molecule has 0 saturated carbocycles. The Morgan fingerprint density at radius 2 is 1.86 bits per heavy atom. The molecule has 5 heterocycles. The van der Waals surface area contributed by atoms with Gasteiger partial charge in [-0.05, 0) is 38.7 Å². The SMILES string of the molecule is CC(=O)c1c(C2C[C@H]3CC[C@@H](C2)N3C(=O)CO)nc2c(-c3ccc(C(O)C(F)(F)F)nc3)cnn2c1N. The van der Waals surface area contributed by atoms with Gasteiger partial charge in [0.15, 0.2) is 17.5 Å². The summed E-state index contributed by atoms with van der Waals surface area (Å²) < 4.78 is 39.8. The Labute approximate surface area is 208 Å². The number of hydrogen-bond donors (Lipinski definition) is 3. The number of aliphatic hydroxyl groups is 2. The molecule has 2 unspecified atom stereocenters. The van der Waals surface area contributed by atoms with Gasteiger partial charge in [-0.3, -0.25) is 14.6 Å². The van der Waals surface area contributed by atoms with E-state index < -0.39 is 24.6 Å². The second-order valence-electron chi connectivity index (χ2n) is 9.54. The van der Waals surface area contributed by atoms with Gasteiger partial charge in [0.2, 0.25) is 5.91 Å². The van der Waals surface area contributed by atoms with Gasteiger partial charge in [-0.2, -0.15) is 22.8 Å². The largest absolute Gasteiger partial charge is 0.420 e. The first-order chi connectivity index (χ1) is 17.5. The molecule has 196 valence electrons. The Kier molecular flexibility index (Phi) is 6.15. The van der Waals surface area contributed by atoms with Crippen LogP contribution in [0.15, 0.2) is 24.5 Å². The maximum atomic E-state index is 12.8. The third kappa shape index (κ3) is 4.21. The lowest BCUT2D eigenvalue weighted by molar-refractivity contribution is -0.207. The monoisotopic (exact) mass is 518 g/mol. The van der Waals surface area contributed by atoms with Crippen LogP contribution in [0.3, 0.4) is 0 Å². The zero-order chi connectivity index (χ0) is 26.6. The maximum Gasteiger partial charge on any atom is 0.420 e. The molecule has 1 amide bonds. The molecule has 2 aliphatic rings. The topological polar surface area (TPSA) is 147 Å². The van der Waals surface area contributed by atoms with Crippen LogP contribution in [0.1, 0.15) is 66.4 Å². The number of carbonyl (C=O) groups excluding carboxylic acids is 2. The number of nitrogens with zero attached hydrogens (tertiary/aromatic N) is 5. The van der Waals surface area contributed by atoms with Crippen molar-refractivity contribution in [3.05, 3.63) is 41.5 Å². The van der Waals surface area contributed by atoms with Crippen molar-refractivity contribution in [3.63, 3.8) is 0 Å². The number of halogens is 3. The molecule has 2 fully saturated rings. The van der Waals surface area contributed by atoms with E-state index in [0.717, 1.165) is 18.9 Å². The lowest BCUT2D eigenvalue weighted by Crippen LogP contribution is -2.47. The number of Topliss-reactive ketones (excluding diaryl/α,β-unsaturated/α-hetero) is 1. The lowest BCUT2D eigenvalue weighted by atomic mass is 9.85. The van der Waals surface area contributed by atoms with Crippen LogP contribution in [0.2, 0.25) is 0 Å². The molecule has 2 bridgehead atoms. The third-order valence-corrected chi connectivity index (χ3v) is 7.29. The molecule has 3 aromatic heterocycles. The molecule has 10 nitrogen and oxygen atoms in total. The minimum atomic E-state index is -4.84. The Morgan fingerprint density at radius 1 is 1.19 bits per heavy atom. The number of hydrogen-bond acceptors (Lipinski definition) is 8. The summed E-state index contributed by atoms with van der Waals surface area (Å²) >= 11 is 0. The highest BCUT2D eigenvalue weighted by Crippen LogP contribution is 2.44. The molecular formula is C24H25F3N6O4. The fourth-order valence-electron chi connectivity index (χ4n) is 5.68. The van der Waals surface area contributed by atoms with E-state index in [1.807, 2.05) is 0 Å². The fourth-order valence-corrected chi connectivity index (χ4v) is 5.68. The van der Waals surface area contributed by atoms with E-state index in [1.165, 1.54) is 29.9 Å². The van der Waals surface area contributed by atoms with Crippen molar-refractivity contribution in [1.82, 2.24) is 24.5 Å². The summed E-state index contributed by atoms with van der Waals surface area (Å²) in [5.74, 6) is -0.675. The minimum absolute atomic E-state index is 0.0800. The maximum absolute atomic E-state index is 12.8. The van der Waals surface area contributed by atoms with Crippen LogP contribution in [0, 0.1) is 0 Å². The summed E-state index contributed by atoms with van der Waals surface area (Å²) in [6, 6.07) is 2.30. The second kappa shape index (κ2) is 9.06. The van der Waals surface area contributed by atoms with E-state index in [0.29, 0.717) is 35.3 Å². The standard InChI is InChI=1S/C24H25F3N6O4/c1-11(35)19-20(13-6-14-3-4-15(7-13)32(14)18(36)10-34)31-23-16(9-30-33(23)22(19)28)12-2-5-17(29-8-12)21(37)24(25,26)27/h2,5,8-9,13-15,21,34,37H,3-4,6-7,10,28H2,1H3/t13?,14-,15+,21?. The normalized spacial score (nSPS) is 22.4. The zero-order valence-electron chi connectivity index (χ0n) is 19.8. The molecule has 2 saturated heterocycles.